The van der Waals surface area contributed by atoms with Crippen LogP contribution in [0.1, 0.15) is 17.3 Å². The van der Waals surface area contributed by atoms with Crippen LogP contribution in [-0.2, 0) is 9.53 Å². The molecule has 2 amide bonds. The summed E-state index contributed by atoms with van der Waals surface area (Å²) in [7, 11) is 0. The minimum atomic E-state index is -0.587. The monoisotopic (exact) mass is 292 g/mol. The van der Waals surface area contributed by atoms with E-state index in [4.69, 9.17) is 16.2 Å². The Kier molecular flexibility index (Phi) is 4.64. The molecule has 1 heterocycles. The normalized spacial score (nSPS) is 16.3. The fourth-order valence-corrected chi connectivity index (χ4v) is 2.27. The summed E-state index contributed by atoms with van der Waals surface area (Å²) in [5, 5.41) is 3.00. The van der Waals surface area contributed by atoms with Crippen LogP contribution in [-0.4, -0.2) is 49.1 Å². The number of rotatable bonds is 4. The quantitative estimate of drug-likeness (QED) is 0.678. The molecule has 0 bridgehead atoms. The van der Waals surface area contributed by atoms with Crippen molar-refractivity contribution in [1.82, 2.24) is 4.90 Å². The summed E-state index contributed by atoms with van der Waals surface area (Å²) in [4.78, 5) is 25.5. The molecule has 1 unspecified atom stereocenters. The lowest BCUT2D eigenvalue weighted by Crippen LogP contribution is -2.47. The van der Waals surface area contributed by atoms with Gasteiger partial charge in [0.05, 0.1) is 30.2 Å². The van der Waals surface area contributed by atoms with Crippen molar-refractivity contribution >= 4 is 23.2 Å². The van der Waals surface area contributed by atoms with Crippen molar-refractivity contribution in [3.8, 4) is 0 Å². The molecular weight excluding hydrogens is 272 g/mol. The van der Waals surface area contributed by atoms with Gasteiger partial charge in [-0.15, -0.1) is 0 Å². The van der Waals surface area contributed by atoms with Gasteiger partial charge in [-0.25, -0.2) is 0 Å². The molecule has 1 saturated heterocycles. The summed E-state index contributed by atoms with van der Waals surface area (Å²) in [5.74, 6) is -0.646. The van der Waals surface area contributed by atoms with E-state index in [0.29, 0.717) is 37.7 Å². The Morgan fingerprint density at radius 3 is 2.62 bits per heavy atom. The summed E-state index contributed by atoms with van der Waals surface area (Å²) in [5.41, 5.74) is 12.3. The van der Waals surface area contributed by atoms with Gasteiger partial charge in [-0.1, -0.05) is 6.07 Å². The van der Waals surface area contributed by atoms with Gasteiger partial charge in [0.1, 0.15) is 6.04 Å². The third kappa shape index (κ3) is 3.43. The van der Waals surface area contributed by atoms with E-state index >= 15 is 0 Å². The highest BCUT2D eigenvalue weighted by atomic mass is 16.5. The van der Waals surface area contributed by atoms with Crippen LogP contribution in [0.15, 0.2) is 18.2 Å². The van der Waals surface area contributed by atoms with Crippen LogP contribution >= 0.6 is 0 Å². The predicted octanol–water partition coefficient (Wildman–Crippen LogP) is 0.0269. The number of nitrogens with zero attached hydrogens (tertiary/aromatic N) is 1. The fourth-order valence-electron chi connectivity index (χ4n) is 2.27. The SMILES string of the molecule is CC(Nc1c(N)cccc1C(N)=O)C(=O)N1CCOCC1. The van der Waals surface area contributed by atoms with E-state index in [1.807, 2.05) is 0 Å². The summed E-state index contributed by atoms with van der Waals surface area (Å²) in [6, 6.07) is 4.37. The molecule has 0 aliphatic carbocycles. The Hall–Kier alpha value is -2.28. The molecule has 0 saturated carbocycles. The van der Waals surface area contributed by atoms with Gasteiger partial charge in [-0.3, -0.25) is 9.59 Å². The van der Waals surface area contributed by atoms with Crippen molar-refractivity contribution in [3.63, 3.8) is 0 Å². The van der Waals surface area contributed by atoms with Gasteiger partial charge in [0, 0.05) is 13.1 Å². The van der Waals surface area contributed by atoms with Gasteiger partial charge < -0.3 is 26.4 Å². The van der Waals surface area contributed by atoms with Crippen LogP contribution < -0.4 is 16.8 Å². The summed E-state index contributed by atoms with van der Waals surface area (Å²) in [6.45, 7) is 3.95. The molecule has 0 spiro atoms. The van der Waals surface area contributed by atoms with Crippen molar-refractivity contribution in [2.24, 2.45) is 5.73 Å². The second kappa shape index (κ2) is 6.45. The zero-order chi connectivity index (χ0) is 15.4. The number of amides is 2. The first-order chi connectivity index (χ1) is 10.0. The summed E-state index contributed by atoms with van der Waals surface area (Å²) in [6.07, 6.45) is 0. The molecular formula is C14H20N4O3. The van der Waals surface area contributed by atoms with Gasteiger partial charge in [-0.2, -0.15) is 0 Å². The Balaban J connectivity index is 2.13. The number of ether oxygens (including phenoxy) is 1. The fraction of sp³-hybridized carbons (Fsp3) is 0.429. The number of carbonyl (C=O) groups is 2. The van der Waals surface area contributed by atoms with Crippen molar-refractivity contribution in [1.29, 1.82) is 0 Å². The van der Waals surface area contributed by atoms with Crippen LogP contribution in [0.4, 0.5) is 11.4 Å². The van der Waals surface area contributed by atoms with Crippen molar-refractivity contribution < 1.29 is 14.3 Å². The van der Waals surface area contributed by atoms with Crippen LogP contribution in [0, 0.1) is 0 Å². The molecule has 7 nitrogen and oxygen atoms in total. The summed E-state index contributed by atoms with van der Waals surface area (Å²) < 4.78 is 5.22. The molecule has 5 N–H and O–H groups in total. The van der Waals surface area contributed by atoms with Crippen LogP contribution in [0.3, 0.4) is 0 Å². The predicted molar refractivity (Wildman–Crippen MR) is 79.9 cm³/mol. The first kappa shape index (κ1) is 15.1. The third-order valence-electron chi connectivity index (χ3n) is 3.42. The summed E-state index contributed by atoms with van der Waals surface area (Å²) >= 11 is 0. The maximum Gasteiger partial charge on any atom is 0.250 e. The Morgan fingerprint density at radius 1 is 1.33 bits per heavy atom. The molecule has 0 aromatic heterocycles. The van der Waals surface area contributed by atoms with Crippen LogP contribution in [0.25, 0.3) is 0 Å². The number of para-hydroxylation sites is 1. The highest BCUT2D eigenvalue weighted by molar-refractivity contribution is 6.02. The number of nitrogens with two attached hydrogens (primary N) is 2. The van der Waals surface area contributed by atoms with Crippen molar-refractivity contribution in [2.75, 3.05) is 37.4 Å². The van der Waals surface area contributed by atoms with Gasteiger partial charge in [0.2, 0.25) is 5.91 Å². The van der Waals surface area contributed by atoms with E-state index in [9.17, 15) is 9.59 Å². The first-order valence-electron chi connectivity index (χ1n) is 6.82. The molecule has 0 radical (unpaired) electrons. The van der Waals surface area contributed by atoms with Gasteiger partial charge in [0.25, 0.3) is 5.91 Å². The first-order valence-corrected chi connectivity index (χ1v) is 6.82. The number of morpholine rings is 1. The van der Waals surface area contributed by atoms with E-state index in [1.165, 1.54) is 0 Å². The number of nitrogens with one attached hydrogen (secondary N) is 1. The smallest absolute Gasteiger partial charge is 0.250 e. The van der Waals surface area contributed by atoms with Gasteiger partial charge >= 0.3 is 0 Å². The molecule has 1 atom stereocenters. The molecule has 7 heteroatoms. The average molecular weight is 292 g/mol. The van der Waals surface area contributed by atoms with Crippen LogP contribution in [0.2, 0.25) is 0 Å². The molecule has 114 valence electrons. The second-order valence-electron chi connectivity index (χ2n) is 4.94. The highest BCUT2D eigenvalue weighted by Gasteiger charge is 2.24. The van der Waals surface area contributed by atoms with Crippen LogP contribution in [0.5, 0.6) is 0 Å². The van der Waals surface area contributed by atoms with E-state index in [2.05, 4.69) is 5.32 Å². The highest BCUT2D eigenvalue weighted by Crippen LogP contribution is 2.24. The number of hydrogen-bond donors (Lipinski definition) is 3. The second-order valence-corrected chi connectivity index (χ2v) is 4.94. The van der Waals surface area contributed by atoms with Gasteiger partial charge in [-0.05, 0) is 19.1 Å². The largest absolute Gasteiger partial charge is 0.397 e. The minimum absolute atomic E-state index is 0.0584. The Morgan fingerprint density at radius 2 is 2.00 bits per heavy atom. The zero-order valence-electron chi connectivity index (χ0n) is 12.0. The Bertz CT molecular complexity index is 541. The Labute approximate surface area is 123 Å². The van der Waals surface area contributed by atoms with E-state index in [-0.39, 0.29) is 11.5 Å². The van der Waals surface area contributed by atoms with Crippen molar-refractivity contribution in [2.45, 2.75) is 13.0 Å². The number of carbonyl (C=O) groups excluding carboxylic acids is 2. The number of primary amides is 1. The average Bonchev–Trinajstić information content (AvgIpc) is 2.49. The van der Waals surface area contributed by atoms with Gasteiger partial charge in [0.15, 0.2) is 0 Å². The molecule has 1 fully saturated rings. The molecule has 1 aromatic carbocycles. The molecule has 2 rings (SSSR count). The number of hydrogen-bond acceptors (Lipinski definition) is 5. The number of benzene rings is 1. The molecule has 1 aliphatic heterocycles. The van der Waals surface area contributed by atoms with E-state index in [0.717, 1.165) is 0 Å². The lowest BCUT2D eigenvalue weighted by atomic mass is 10.1. The molecule has 1 aliphatic rings. The maximum absolute atomic E-state index is 12.3. The molecule has 21 heavy (non-hydrogen) atoms. The van der Waals surface area contributed by atoms with E-state index < -0.39 is 11.9 Å². The zero-order valence-corrected chi connectivity index (χ0v) is 12.0. The number of anilines is 2. The number of nitrogen functional groups attached to an aromatic ring is 1. The third-order valence-corrected chi connectivity index (χ3v) is 3.42. The maximum atomic E-state index is 12.3. The topological polar surface area (TPSA) is 111 Å². The van der Waals surface area contributed by atoms with E-state index in [1.54, 1.807) is 30.0 Å². The lowest BCUT2D eigenvalue weighted by molar-refractivity contribution is -0.135. The van der Waals surface area contributed by atoms with Crippen molar-refractivity contribution in [3.05, 3.63) is 23.8 Å². The standard InChI is InChI=1S/C14H20N4O3/c1-9(14(20)18-5-7-21-8-6-18)17-12-10(13(16)19)3-2-4-11(12)15/h2-4,9,17H,5-8,15H2,1H3,(H2,16,19). The molecule has 1 aromatic rings. The lowest BCUT2D eigenvalue weighted by Gasteiger charge is -2.30. The minimum Gasteiger partial charge on any atom is -0.397 e.